The van der Waals surface area contributed by atoms with Crippen molar-refractivity contribution in [3.05, 3.63) is 11.8 Å². The highest BCUT2D eigenvalue weighted by Crippen LogP contribution is 2.30. The van der Waals surface area contributed by atoms with Crippen LogP contribution in [0, 0.1) is 5.92 Å². The monoisotopic (exact) mass is 195 g/mol. The van der Waals surface area contributed by atoms with Gasteiger partial charge in [-0.3, -0.25) is 0 Å². The van der Waals surface area contributed by atoms with Crippen LogP contribution in [0.1, 0.15) is 32.6 Å². The molecular weight excluding hydrogens is 174 g/mol. The van der Waals surface area contributed by atoms with Crippen LogP contribution in [-0.4, -0.2) is 31.2 Å². The average molecular weight is 195 g/mol. The minimum atomic E-state index is 0.821. The number of allylic oxidation sites excluding steroid dienone is 2. The van der Waals surface area contributed by atoms with Crippen molar-refractivity contribution in [3.8, 4) is 0 Å². The van der Waals surface area contributed by atoms with E-state index in [9.17, 15) is 0 Å². The second-order valence-electron chi connectivity index (χ2n) is 4.26. The normalized spacial score (nSPS) is 28.8. The van der Waals surface area contributed by atoms with Crippen LogP contribution >= 0.6 is 0 Å². The summed E-state index contributed by atoms with van der Waals surface area (Å²) in [6.07, 6.45) is 7.81. The van der Waals surface area contributed by atoms with E-state index in [4.69, 9.17) is 4.74 Å². The summed E-state index contributed by atoms with van der Waals surface area (Å²) in [6.45, 7) is 6.33. The van der Waals surface area contributed by atoms with Gasteiger partial charge in [-0.1, -0.05) is 13.0 Å². The topological polar surface area (TPSA) is 12.5 Å². The van der Waals surface area contributed by atoms with Gasteiger partial charge in [-0.15, -0.1) is 0 Å². The van der Waals surface area contributed by atoms with Crippen LogP contribution in [-0.2, 0) is 4.74 Å². The first-order valence-electron chi connectivity index (χ1n) is 5.94. The maximum atomic E-state index is 5.39. The second kappa shape index (κ2) is 4.83. The van der Waals surface area contributed by atoms with E-state index in [0.717, 1.165) is 32.2 Å². The Morgan fingerprint density at radius 3 is 2.93 bits per heavy atom. The van der Waals surface area contributed by atoms with Crippen molar-refractivity contribution in [2.24, 2.45) is 5.92 Å². The Morgan fingerprint density at radius 1 is 1.43 bits per heavy atom. The summed E-state index contributed by atoms with van der Waals surface area (Å²) in [7, 11) is 0. The molecule has 1 aliphatic carbocycles. The van der Waals surface area contributed by atoms with E-state index >= 15 is 0 Å². The van der Waals surface area contributed by atoms with Crippen LogP contribution in [0.3, 0.4) is 0 Å². The van der Waals surface area contributed by atoms with E-state index in [-0.39, 0.29) is 0 Å². The minimum Gasteiger partial charge on any atom is -0.378 e. The standard InChI is InChI=1S/C12H21NO/c1-2-11-5-3-4-6-12(11)13-7-9-14-10-8-13/h6,11H,2-5,7-10H2,1H3. The lowest BCUT2D eigenvalue weighted by atomic mass is 9.89. The van der Waals surface area contributed by atoms with Gasteiger partial charge in [0.2, 0.25) is 0 Å². The first kappa shape index (κ1) is 10.0. The van der Waals surface area contributed by atoms with E-state index in [1.807, 2.05) is 0 Å². The van der Waals surface area contributed by atoms with E-state index in [2.05, 4.69) is 17.9 Å². The predicted octanol–water partition coefficient (Wildman–Crippen LogP) is 2.41. The van der Waals surface area contributed by atoms with Crippen molar-refractivity contribution in [1.82, 2.24) is 4.90 Å². The zero-order chi connectivity index (χ0) is 9.80. The van der Waals surface area contributed by atoms with Crippen molar-refractivity contribution in [1.29, 1.82) is 0 Å². The van der Waals surface area contributed by atoms with Gasteiger partial charge in [-0.05, 0) is 31.6 Å². The largest absolute Gasteiger partial charge is 0.378 e. The molecule has 1 atom stereocenters. The number of hydrogen-bond donors (Lipinski definition) is 0. The summed E-state index contributed by atoms with van der Waals surface area (Å²) in [5.41, 5.74) is 1.61. The number of morpholine rings is 1. The minimum absolute atomic E-state index is 0.821. The highest BCUT2D eigenvalue weighted by atomic mass is 16.5. The number of hydrogen-bond acceptors (Lipinski definition) is 2. The van der Waals surface area contributed by atoms with Gasteiger partial charge < -0.3 is 9.64 Å². The highest BCUT2D eigenvalue weighted by molar-refractivity contribution is 5.09. The Labute approximate surface area is 86.9 Å². The molecule has 2 heteroatoms. The van der Waals surface area contributed by atoms with E-state index in [1.165, 1.54) is 25.7 Å². The van der Waals surface area contributed by atoms with Gasteiger partial charge in [0, 0.05) is 18.8 Å². The molecule has 0 N–H and O–H groups in total. The molecule has 0 spiro atoms. The molecule has 0 radical (unpaired) electrons. The zero-order valence-corrected chi connectivity index (χ0v) is 9.17. The Balaban J connectivity index is 2.01. The van der Waals surface area contributed by atoms with Crippen molar-refractivity contribution >= 4 is 0 Å². The maximum absolute atomic E-state index is 5.39. The lowest BCUT2D eigenvalue weighted by Crippen LogP contribution is -2.38. The van der Waals surface area contributed by atoms with Crippen LogP contribution in [0.2, 0.25) is 0 Å². The molecule has 0 saturated carbocycles. The Bertz CT molecular complexity index is 206. The van der Waals surface area contributed by atoms with E-state index in [1.54, 1.807) is 5.70 Å². The molecule has 0 aromatic heterocycles. The van der Waals surface area contributed by atoms with Crippen molar-refractivity contribution in [2.75, 3.05) is 26.3 Å². The molecule has 2 rings (SSSR count). The van der Waals surface area contributed by atoms with Crippen molar-refractivity contribution in [3.63, 3.8) is 0 Å². The van der Waals surface area contributed by atoms with Gasteiger partial charge in [0.15, 0.2) is 0 Å². The number of rotatable bonds is 2. The summed E-state index contributed by atoms with van der Waals surface area (Å²) in [4.78, 5) is 2.54. The molecule has 1 aliphatic heterocycles. The molecule has 0 bridgehead atoms. The average Bonchev–Trinajstić information content (AvgIpc) is 2.30. The molecule has 0 amide bonds. The molecule has 2 nitrogen and oxygen atoms in total. The zero-order valence-electron chi connectivity index (χ0n) is 9.17. The Kier molecular flexibility index (Phi) is 3.46. The van der Waals surface area contributed by atoms with Crippen LogP contribution in [0.4, 0.5) is 0 Å². The van der Waals surface area contributed by atoms with Gasteiger partial charge in [0.25, 0.3) is 0 Å². The molecule has 1 unspecified atom stereocenters. The van der Waals surface area contributed by atoms with Crippen LogP contribution in [0.15, 0.2) is 11.8 Å². The van der Waals surface area contributed by atoms with Crippen LogP contribution < -0.4 is 0 Å². The van der Waals surface area contributed by atoms with E-state index < -0.39 is 0 Å². The summed E-state index contributed by atoms with van der Waals surface area (Å²) in [6, 6.07) is 0. The maximum Gasteiger partial charge on any atom is 0.0642 e. The molecular formula is C12H21NO. The van der Waals surface area contributed by atoms with Crippen molar-refractivity contribution in [2.45, 2.75) is 32.6 Å². The summed E-state index contributed by atoms with van der Waals surface area (Å²) in [5, 5.41) is 0. The predicted molar refractivity (Wildman–Crippen MR) is 58.1 cm³/mol. The molecule has 80 valence electrons. The van der Waals surface area contributed by atoms with Gasteiger partial charge in [0.1, 0.15) is 0 Å². The second-order valence-corrected chi connectivity index (χ2v) is 4.26. The molecule has 1 heterocycles. The molecule has 0 aromatic carbocycles. The number of nitrogens with zero attached hydrogens (tertiary/aromatic N) is 1. The fourth-order valence-corrected chi connectivity index (χ4v) is 2.55. The summed E-state index contributed by atoms with van der Waals surface area (Å²) < 4.78 is 5.39. The lowest BCUT2D eigenvalue weighted by Gasteiger charge is -2.36. The Hall–Kier alpha value is -0.500. The highest BCUT2D eigenvalue weighted by Gasteiger charge is 2.22. The van der Waals surface area contributed by atoms with Gasteiger partial charge >= 0.3 is 0 Å². The summed E-state index contributed by atoms with van der Waals surface area (Å²) in [5.74, 6) is 0.821. The van der Waals surface area contributed by atoms with E-state index in [0.29, 0.717) is 0 Å². The third-order valence-electron chi connectivity index (χ3n) is 3.40. The SMILES string of the molecule is CCC1CCCC=C1N1CCOCC1. The molecule has 1 saturated heterocycles. The molecule has 2 aliphatic rings. The molecule has 1 fully saturated rings. The first-order chi connectivity index (χ1) is 6.92. The Morgan fingerprint density at radius 2 is 2.21 bits per heavy atom. The quantitative estimate of drug-likeness (QED) is 0.671. The fraction of sp³-hybridized carbons (Fsp3) is 0.833. The van der Waals surface area contributed by atoms with Gasteiger partial charge in [0.05, 0.1) is 13.2 Å². The van der Waals surface area contributed by atoms with Gasteiger partial charge in [-0.2, -0.15) is 0 Å². The third kappa shape index (κ3) is 2.11. The molecule has 14 heavy (non-hydrogen) atoms. The van der Waals surface area contributed by atoms with Crippen molar-refractivity contribution < 1.29 is 4.74 Å². The molecule has 0 aromatic rings. The summed E-state index contributed by atoms with van der Waals surface area (Å²) >= 11 is 0. The van der Waals surface area contributed by atoms with Crippen LogP contribution in [0.25, 0.3) is 0 Å². The fourth-order valence-electron chi connectivity index (χ4n) is 2.55. The smallest absolute Gasteiger partial charge is 0.0642 e. The lowest BCUT2D eigenvalue weighted by molar-refractivity contribution is 0.0468. The third-order valence-corrected chi connectivity index (χ3v) is 3.40. The van der Waals surface area contributed by atoms with Crippen LogP contribution in [0.5, 0.6) is 0 Å². The number of ether oxygens (including phenoxy) is 1. The first-order valence-corrected chi connectivity index (χ1v) is 5.94. The van der Waals surface area contributed by atoms with Gasteiger partial charge in [-0.25, -0.2) is 0 Å².